The molecule has 0 bridgehead atoms. The Morgan fingerprint density at radius 3 is 2.46 bits per heavy atom. The summed E-state index contributed by atoms with van der Waals surface area (Å²) in [6.07, 6.45) is 13.7. The van der Waals surface area contributed by atoms with E-state index in [1.54, 1.807) is 0 Å². The molecule has 0 radical (unpaired) electrons. The zero-order valence-electron chi connectivity index (χ0n) is 16.3. The molecule has 4 nitrogen and oxygen atoms in total. The smallest absolute Gasteiger partial charge is 0.0724 e. The number of nitrogens with zero attached hydrogens (tertiary/aromatic N) is 1. The number of aromatic nitrogens is 1. The molecule has 2 unspecified atom stereocenters. The van der Waals surface area contributed by atoms with Crippen molar-refractivity contribution in [1.29, 1.82) is 0 Å². The summed E-state index contributed by atoms with van der Waals surface area (Å²) >= 11 is 0. The van der Waals surface area contributed by atoms with Crippen LogP contribution in [0.3, 0.4) is 0 Å². The van der Waals surface area contributed by atoms with Crippen LogP contribution in [0.25, 0.3) is 6.08 Å². The molecule has 0 spiro atoms. The number of aliphatic hydroxyl groups excluding tert-OH is 3. The van der Waals surface area contributed by atoms with E-state index in [0.29, 0.717) is 12.8 Å². The first kappa shape index (κ1) is 22.8. The first-order valence-electron chi connectivity index (χ1n) is 10.3. The van der Waals surface area contributed by atoms with Gasteiger partial charge in [0.05, 0.1) is 17.9 Å². The Balaban J connectivity index is 2.33. The molecule has 1 rings (SSSR count). The first-order chi connectivity index (χ1) is 12.7. The van der Waals surface area contributed by atoms with Crippen LogP contribution >= 0.6 is 0 Å². The van der Waals surface area contributed by atoms with E-state index in [1.807, 2.05) is 30.4 Å². The number of pyridine rings is 1. The van der Waals surface area contributed by atoms with Gasteiger partial charge in [-0.1, -0.05) is 57.6 Å². The molecule has 3 N–H and O–H groups in total. The van der Waals surface area contributed by atoms with Crippen LogP contribution in [0, 0.1) is 0 Å². The molecule has 0 aliphatic carbocycles. The molecule has 0 saturated carbocycles. The normalized spacial score (nSPS) is 14.0. The highest BCUT2D eigenvalue weighted by atomic mass is 16.3. The monoisotopic (exact) mass is 363 g/mol. The van der Waals surface area contributed by atoms with Crippen LogP contribution in [0.2, 0.25) is 0 Å². The third-order valence-electron chi connectivity index (χ3n) is 4.56. The maximum absolute atomic E-state index is 10.1. The van der Waals surface area contributed by atoms with E-state index < -0.39 is 12.2 Å². The average molecular weight is 364 g/mol. The van der Waals surface area contributed by atoms with E-state index >= 15 is 0 Å². The minimum Gasteiger partial charge on any atom is -0.396 e. The van der Waals surface area contributed by atoms with Crippen molar-refractivity contribution in [3.05, 3.63) is 35.7 Å². The molecule has 1 heterocycles. The summed E-state index contributed by atoms with van der Waals surface area (Å²) in [4.78, 5) is 4.54. The summed E-state index contributed by atoms with van der Waals surface area (Å²) < 4.78 is 0. The second kappa shape index (κ2) is 14.9. The van der Waals surface area contributed by atoms with E-state index in [4.69, 9.17) is 5.11 Å². The van der Waals surface area contributed by atoms with Crippen LogP contribution in [0.5, 0.6) is 0 Å². The van der Waals surface area contributed by atoms with Crippen molar-refractivity contribution < 1.29 is 15.3 Å². The van der Waals surface area contributed by atoms with Crippen LogP contribution in [-0.2, 0) is 6.42 Å². The molecule has 0 aliphatic rings. The second-order valence-corrected chi connectivity index (χ2v) is 7.11. The van der Waals surface area contributed by atoms with Gasteiger partial charge >= 0.3 is 0 Å². The van der Waals surface area contributed by atoms with Gasteiger partial charge in [-0.2, -0.15) is 0 Å². The van der Waals surface area contributed by atoms with Crippen molar-refractivity contribution >= 4 is 6.08 Å². The number of unbranched alkanes of at least 4 members (excludes halogenated alkanes) is 6. The third-order valence-corrected chi connectivity index (χ3v) is 4.56. The molecule has 0 aliphatic heterocycles. The number of hydrogen-bond acceptors (Lipinski definition) is 4. The Morgan fingerprint density at radius 2 is 1.69 bits per heavy atom. The molecule has 0 amide bonds. The third kappa shape index (κ3) is 11.4. The predicted octanol–water partition coefficient (Wildman–Crippen LogP) is 4.27. The van der Waals surface area contributed by atoms with Gasteiger partial charge < -0.3 is 15.3 Å². The van der Waals surface area contributed by atoms with Crippen LogP contribution in [0.15, 0.2) is 24.3 Å². The molecule has 0 fully saturated rings. The average Bonchev–Trinajstić information content (AvgIpc) is 2.63. The van der Waals surface area contributed by atoms with Gasteiger partial charge in [-0.15, -0.1) is 0 Å². The Morgan fingerprint density at radius 1 is 0.962 bits per heavy atom. The highest BCUT2D eigenvalue weighted by molar-refractivity contribution is 5.45. The largest absolute Gasteiger partial charge is 0.396 e. The fourth-order valence-electron chi connectivity index (χ4n) is 2.98. The zero-order chi connectivity index (χ0) is 19.0. The molecule has 148 valence electrons. The maximum atomic E-state index is 10.1. The lowest BCUT2D eigenvalue weighted by atomic mass is 10.1. The highest BCUT2D eigenvalue weighted by Crippen LogP contribution is 2.12. The van der Waals surface area contributed by atoms with Crippen molar-refractivity contribution in [3.8, 4) is 0 Å². The van der Waals surface area contributed by atoms with Crippen molar-refractivity contribution in [2.24, 2.45) is 0 Å². The molecule has 26 heavy (non-hydrogen) atoms. The van der Waals surface area contributed by atoms with Crippen molar-refractivity contribution in [1.82, 2.24) is 4.98 Å². The summed E-state index contributed by atoms with van der Waals surface area (Å²) in [5, 5.41) is 28.9. The second-order valence-electron chi connectivity index (χ2n) is 7.11. The van der Waals surface area contributed by atoms with Crippen LogP contribution in [0.4, 0.5) is 0 Å². The quantitative estimate of drug-likeness (QED) is 0.407. The Kier molecular flexibility index (Phi) is 13.1. The molecule has 0 aromatic carbocycles. The molecule has 1 aromatic rings. The molecule has 0 saturated heterocycles. The zero-order valence-corrected chi connectivity index (χ0v) is 16.3. The fourth-order valence-corrected chi connectivity index (χ4v) is 2.98. The van der Waals surface area contributed by atoms with Gasteiger partial charge in [0.2, 0.25) is 0 Å². The minimum atomic E-state index is -0.424. The van der Waals surface area contributed by atoms with Crippen LogP contribution < -0.4 is 0 Å². The fraction of sp³-hybridized carbons (Fsp3) is 0.682. The summed E-state index contributed by atoms with van der Waals surface area (Å²) in [6, 6.07) is 5.76. The van der Waals surface area contributed by atoms with Crippen molar-refractivity contribution in [2.75, 3.05) is 6.61 Å². The maximum Gasteiger partial charge on any atom is 0.0724 e. The Bertz CT molecular complexity index is 490. The van der Waals surface area contributed by atoms with E-state index in [9.17, 15) is 10.2 Å². The Labute approximate surface area is 159 Å². The number of aliphatic hydroxyl groups is 3. The van der Waals surface area contributed by atoms with Gasteiger partial charge in [0.25, 0.3) is 0 Å². The van der Waals surface area contributed by atoms with Crippen molar-refractivity contribution in [2.45, 2.75) is 89.8 Å². The van der Waals surface area contributed by atoms with Gasteiger partial charge in [-0.05, 0) is 43.9 Å². The molecular formula is C22H37NO3. The lowest BCUT2D eigenvalue weighted by Crippen LogP contribution is -2.12. The molecule has 4 heteroatoms. The summed E-state index contributed by atoms with van der Waals surface area (Å²) in [6.45, 7) is 2.39. The van der Waals surface area contributed by atoms with Gasteiger partial charge in [0.1, 0.15) is 0 Å². The van der Waals surface area contributed by atoms with Gasteiger partial charge in [0, 0.05) is 18.7 Å². The number of rotatable bonds is 15. The summed E-state index contributed by atoms with van der Waals surface area (Å²) in [5.74, 6) is 0. The molecular weight excluding hydrogens is 326 g/mol. The van der Waals surface area contributed by atoms with E-state index in [-0.39, 0.29) is 6.61 Å². The van der Waals surface area contributed by atoms with E-state index in [1.165, 1.54) is 32.1 Å². The SMILES string of the molecule is CCCCCCCCC(O)C=Cc1cccc(CC(O)CCCCO)n1. The van der Waals surface area contributed by atoms with Gasteiger partial charge in [-0.25, -0.2) is 0 Å². The molecule has 2 atom stereocenters. The van der Waals surface area contributed by atoms with Crippen LogP contribution in [0.1, 0.15) is 82.5 Å². The van der Waals surface area contributed by atoms with E-state index in [2.05, 4.69) is 11.9 Å². The minimum absolute atomic E-state index is 0.173. The predicted molar refractivity (Wildman–Crippen MR) is 108 cm³/mol. The number of hydrogen-bond donors (Lipinski definition) is 3. The van der Waals surface area contributed by atoms with Crippen LogP contribution in [-0.4, -0.2) is 39.1 Å². The van der Waals surface area contributed by atoms with Gasteiger partial charge in [-0.3, -0.25) is 4.98 Å². The lowest BCUT2D eigenvalue weighted by Gasteiger charge is -2.10. The summed E-state index contributed by atoms with van der Waals surface area (Å²) in [5.41, 5.74) is 1.67. The summed E-state index contributed by atoms with van der Waals surface area (Å²) in [7, 11) is 0. The Hall–Kier alpha value is -1.23. The van der Waals surface area contributed by atoms with E-state index in [0.717, 1.165) is 37.1 Å². The molecule has 1 aromatic heterocycles. The first-order valence-corrected chi connectivity index (χ1v) is 10.3. The van der Waals surface area contributed by atoms with Gasteiger partial charge in [0.15, 0.2) is 0 Å². The highest BCUT2D eigenvalue weighted by Gasteiger charge is 2.07. The van der Waals surface area contributed by atoms with Crippen molar-refractivity contribution in [3.63, 3.8) is 0 Å². The lowest BCUT2D eigenvalue weighted by molar-refractivity contribution is 0.156. The standard InChI is InChI=1S/C22H37NO3/c1-2-3-4-5-6-7-13-21(25)16-15-19-11-10-12-20(23-19)18-22(26)14-8-9-17-24/h10-12,15-16,21-22,24-26H,2-9,13-14,17-18H2,1H3. The topological polar surface area (TPSA) is 73.6 Å².